The van der Waals surface area contributed by atoms with Crippen LogP contribution in [-0.2, 0) is 23.8 Å². The summed E-state index contributed by atoms with van der Waals surface area (Å²) in [5.41, 5.74) is 0.553. The van der Waals surface area contributed by atoms with Gasteiger partial charge in [-0.2, -0.15) is 13.2 Å². The molecular formula is C17H16F3NO2. The van der Waals surface area contributed by atoms with E-state index in [2.05, 4.69) is 5.32 Å². The van der Waals surface area contributed by atoms with Crippen molar-refractivity contribution in [2.75, 3.05) is 11.9 Å². The Bertz CT molecular complexity index is 666. The highest BCUT2D eigenvalue weighted by atomic mass is 19.4. The van der Waals surface area contributed by atoms with Gasteiger partial charge in [0.05, 0.1) is 12.0 Å². The summed E-state index contributed by atoms with van der Waals surface area (Å²) in [7, 11) is 0. The molecule has 6 heteroatoms. The second kappa shape index (κ2) is 7.28. The summed E-state index contributed by atoms with van der Waals surface area (Å²) in [4.78, 5) is 12.0. The van der Waals surface area contributed by atoms with Crippen LogP contribution in [0.4, 0.5) is 18.9 Å². The number of anilines is 1. The van der Waals surface area contributed by atoms with E-state index in [1.807, 2.05) is 0 Å². The Labute approximate surface area is 131 Å². The molecule has 122 valence electrons. The van der Waals surface area contributed by atoms with E-state index >= 15 is 0 Å². The number of hydrogen-bond acceptors (Lipinski definition) is 2. The van der Waals surface area contributed by atoms with Gasteiger partial charge in [0, 0.05) is 12.3 Å². The summed E-state index contributed by atoms with van der Waals surface area (Å²) < 4.78 is 38.7. The van der Waals surface area contributed by atoms with Crippen LogP contribution in [0.15, 0.2) is 48.5 Å². The summed E-state index contributed by atoms with van der Waals surface area (Å²) >= 11 is 0. The first-order chi connectivity index (χ1) is 10.9. The topological polar surface area (TPSA) is 49.3 Å². The number of aliphatic hydroxyl groups excluding tert-OH is 1. The quantitative estimate of drug-likeness (QED) is 0.886. The second-order valence-corrected chi connectivity index (χ2v) is 5.05. The molecule has 1 amide bonds. The summed E-state index contributed by atoms with van der Waals surface area (Å²) in [6, 6.07) is 11.8. The number of nitrogens with one attached hydrogen (secondary N) is 1. The van der Waals surface area contributed by atoms with Crippen molar-refractivity contribution in [3.63, 3.8) is 0 Å². The lowest BCUT2D eigenvalue weighted by molar-refractivity contribution is -0.138. The zero-order valence-corrected chi connectivity index (χ0v) is 12.2. The predicted molar refractivity (Wildman–Crippen MR) is 81.0 cm³/mol. The van der Waals surface area contributed by atoms with Crippen molar-refractivity contribution in [1.82, 2.24) is 0 Å². The lowest BCUT2D eigenvalue weighted by atomic mass is 10.0. The Morgan fingerprint density at radius 3 is 2.30 bits per heavy atom. The number of rotatable bonds is 5. The highest BCUT2D eigenvalue weighted by Crippen LogP contribution is 2.32. The van der Waals surface area contributed by atoms with Gasteiger partial charge < -0.3 is 10.4 Å². The van der Waals surface area contributed by atoms with Crippen molar-refractivity contribution in [3.8, 4) is 0 Å². The summed E-state index contributed by atoms with van der Waals surface area (Å²) in [5.74, 6) is -0.517. The minimum Gasteiger partial charge on any atom is -0.396 e. The van der Waals surface area contributed by atoms with Gasteiger partial charge in [0.2, 0.25) is 5.91 Å². The fourth-order valence-corrected chi connectivity index (χ4v) is 2.21. The normalized spacial score (nSPS) is 11.3. The van der Waals surface area contributed by atoms with Crippen LogP contribution in [0.1, 0.15) is 16.7 Å². The molecule has 0 aromatic heterocycles. The Morgan fingerprint density at radius 1 is 1.04 bits per heavy atom. The van der Waals surface area contributed by atoms with E-state index < -0.39 is 17.6 Å². The van der Waals surface area contributed by atoms with Crippen molar-refractivity contribution >= 4 is 11.6 Å². The summed E-state index contributed by atoms with van der Waals surface area (Å²) in [6.07, 6.45) is -4.33. The molecule has 2 aromatic carbocycles. The maximum absolute atomic E-state index is 12.9. The average molecular weight is 323 g/mol. The van der Waals surface area contributed by atoms with Crippen molar-refractivity contribution in [3.05, 3.63) is 65.2 Å². The average Bonchev–Trinajstić information content (AvgIpc) is 2.49. The van der Waals surface area contributed by atoms with Crippen LogP contribution in [-0.4, -0.2) is 17.6 Å². The van der Waals surface area contributed by atoms with Crippen molar-refractivity contribution in [2.24, 2.45) is 0 Å². The number of benzene rings is 2. The van der Waals surface area contributed by atoms with Crippen LogP contribution in [0.2, 0.25) is 0 Å². The van der Waals surface area contributed by atoms with E-state index in [0.29, 0.717) is 12.1 Å². The lowest BCUT2D eigenvalue weighted by Gasteiger charge is -2.12. The molecule has 0 unspecified atom stereocenters. The Kier molecular flexibility index (Phi) is 5.39. The van der Waals surface area contributed by atoms with E-state index in [-0.39, 0.29) is 18.6 Å². The van der Waals surface area contributed by atoms with Crippen LogP contribution in [0.5, 0.6) is 0 Å². The van der Waals surface area contributed by atoms with Crippen LogP contribution < -0.4 is 5.32 Å². The Morgan fingerprint density at radius 2 is 1.70 bits per heavy atom. The van der Waals surface area contributed by atoms with E-state index in [1.54, 1.807) is 24.3 Å². The maximum atomic E-state index is 12.9. The first-order valence-corrected chi connectivity index (χ1v) is 7.05. The van der Waals surface area contributed by atoms with Gasteiger partial charge in [0.15, 0.2) is 0 Å². The van der Waals surface area contributed by atoms with Gasteiger partial charge in [-0.05, 0) is 35.7 Å². The molecular weight excluding hydrogens is 307 g/mol. The van der Waals surface area contributed by atoms with Gasteiger partial charge in [-0.1, -0.05) is 30.3 Å². The maximum Gasteiger partial charge on any atom is 0.416 e. The molecule has 0 aliphatic rings. The van der Waals surface area contributed by atoms with Crippen LogP contribution in [0, 0.1) is 0 Å². The zero-order valence-electron chi connectivity index (χ0n) is 12.2. The Balaban J connectivity index is 2.05. The summed E-state index contributed by atoms with van der Waals surface area (Å²) in [6.45, 7) is 0.0277. The van der Waals surface area contributed by atoms with Crippen molar-refractivity contribution in [1.29, 1.82) is 0 Å². The smallest absolute Gasteiger partial charge is 0.396 e. The third-order valence-corrected chi connectivity index (χ3v) is 3.31. The molecule has 0 spiro atoms. The van der Waals surface area contributed by atoms with Crippen LogP contribution >= 0.6 is 0 Å². The lowest BCUT2D eigenvalue weighted by Crippen LogP contribution is -2.17. The highest BCUT2D eigenvalue weighted by molar-refractivity contribution is 5.92. The zero-order chi connectivity index (χ0) is 16.9. The van der Waals surface area contributed by atoms with E-state index in [0.717, 1.165) is 11.6 Å². The second-order valence-electron chi connectivity index (χ2n) is 5.05. The molecule has 3 nitrogen and oxygen atoms in total. The number of aliphatic hydroxyl groups is 1. The van der Waals surface area contributed by atoms with E-state index in [1.165, 1.54) is 18.2 Å². The monoisotopic (exact) mass is 323 g/mol. The highest BCUT2D eigenvalue weighted by Gasteiger charge is 2.33. The number of alkyl halides is 3. The van der Waals surface area contributed by atoms with Crippen molar-refractivity contribution in [2.45, 2.75) is 19.0 Å². The molecule has 0 heterocycles. The molecule has 0 fully saturated rings. The number of halogens is 3. The molecule has 0 aliphatic carbocycles. The molecule has 0 saturated heterocycles. The fraction of sp³-hybridized carbons (Fsp3) is 0.235. The molecule has 0 radical (unpaired) electrons. The SMILES string of the molecule is O=C(Cc1ccccc1C(F)(F)F)Nc1ccc(CCO)cc1. The van der Waals surface area contributed by atoms with Crippen molar-refractivity contribution < 1.29 is 23.1 Å². The molecule has 0 saturated carbocycles. The van der Waals surface area contributed by atoms with E-state index in [4.69, 9.17) is 5.11 Å². The minimum atomic E-state index is -4.48. The Hall–Kier alpha value is -2.34. The van der Waals surface area contributed by atoms with Gasteiger partial charge in [-0.15, -0.1) is 0 Å². The standard InChI is InChI=1S/C17H16F3NO2/c18-17(19,20)15-4-2-1-3-13(15)11-16(23)21-14-7-5-12(6-8-14)9-10-22/h1-8,22H,9-11H2,(H,21,23). The first kappa shape index (κ1) is 17.0. The summed E-state index contributed by atoms with van der Waals surface area (Å²) in [5, 5.41) is 11.4. The van der Waals surface area contributed by atoms with Gasteiger partial charge in [0.1, 0.15) is 0 Å². The van der Waals surface area contributed by atoms with E-state index in [9.17, 15) is 18.0 Å². The molecule has 0 bridgehead atoms. The molecule has 0 aliphatic heterocycles. The predicted octanol–water partition coefficient (Wildman–Crippen LogP) is 3.42. The number of amides is 1. The molecule has 23 heavy (non-hydrogen) atoms. The molecule has 2 N–H and O–H groups in total. The van der Waals surface area contributed by atoms with Gasteiger partial charge >= 0.3 is 6.18 Å². The largest absolute Gasteiger partial charge is 0.416 e. The number of carbonyl (C=O) groups excluding carboxylic acids is 1. The van der Waals surface area contributed by atoms with Gasteiger partial charge in [-0.25, -0.2) is 0 Å². The van der Waals surface area contributed by atoms with Crippen LogP contribution in [0.3, 0.4) is 0 Å². The minimum absolute atomic E-state index is 0.0277. The molecule has 2 aromatic rings. The van der Waals surface area contributed by atoms with Crippen LogP contribution in [0.25, 0.3) is 0 Å². The third-order valence-electron chi connectivity index (χ3n) is 3.31. The molecule has 0 atom stereocenters. The number of hydrogen-bond donors (Lipinski definition) is 2. The third kappa shape index (κ3) is 4.82. The fourth-order valence-electron chi connectivity index (χ4n) is 2.21. The van der Waals surface area contributed by atoms with Gasteiger partial charge in [0.25, 0.3) is 0 Å². The first-order valence-electron chi connectivity index (χ1n) is 7.05. The molecule has 2 rings (SSSR count). The number of carbonyl (C=O) groups is 1. The van der Waals surface area contributed by atoms with Gasteiger partial charge in [-0.3, -0.25) is 4.79 Å².